The summed E-state index contributed by atoms with van der Waals surface area (Å²) in [5, 5.41) is 5.02. The Morgan fingerprint density at radius 1 is 0.973 bits per heavy atom. The van der Waals surface area contributed by atoms with Gasteiger partial charge in [-0.3, -0.25) is 9.78 Å². The molecule has 0 aliphatic carbocycles. The van der Waals surface area contributed by atoms with Gasteiger partial charge in [0.1, 0.15) is 5.82 Å². The number of nitrogens with zero attached hydrogens (tertiary/aromatic N) is 3. The lowest BCUT2D eigenvalue weighted by Crippen LogP contribution is -2.20. The molecule has 6 aromatic rings. The topological polar surface area (TPSA) is 102 Å². The molecule has 0 aliphatic heterocycles. The number of ether oxygens (including phenoxy) is 1. The molecule has 0 bridgehead atoms. The zero-order chi connectivity index (χ0) is 25.4. The monoisotopic (exact) mass is 489 g/mol. The van der Waals surface area contributed by atoms with Crippen LogP contribution in [0.5, 0.6) is 0 Å². The van der Waals surface area contributed by atoms with Crippen LogP contribution < -0.4 is 5.32 Å². The molecular weight excluding hydrogens is 466 g/mol. The minimum Gasteiger partial charge on any atom is -0.452 e. The summed E-state index contributed by atoms with van der Waals surface area (Å²) in [5.41, 5.74) is 5.49. The van der Waals surface area contributed by atoms with E-state index in [0.29, 0.717) is 28.1 Å². The minimum atomic E-state index is -0.587. The first kappa shape index (κ1) is 22.5. The molecule has 3 heterocycles. The Hall–Kier alpha value is -4.98. The summed E-state index contributed by atoms with van der Waals surface area (Å²) in [5.74, 6) is -0.337. The van der Waals surface area contributed by atoms with Crippen LogP contribution in [-0.4, -0.2) is 38.0 Å². The molecule has 6 rings (SSSR count). The number of anilines is 1. The molecule has 0 atom stereocenters. The molecule has 8 nitrogen and oxygen atoms in total. The fourth-order valence-electron chi connectivity index (χ4n) is 4.66. The highest BCUT2D eigenvalue weighted by Crippen LogP contribution is 2.31. The number of H-pyrrole nitrogens is 1. The normalized spacial score (nSPS) is 11.3. The summed E-state index contributed by atoms with van der Waals surface area (Å²) in [7, 11) is 0. The smallest absolute Gasteiger partial charge is 0.338 e. The van der Waals surface area contributed by atoms with E-state index in [1.807, 2.05) is 42.5 Å². The van der Waals surface area contributed by atoms with E-state index in [0.717, 1.165) is 33.9 Å². The molecule has 1 amide bonds. The van der Waals surface area contributed by atoms with Crippen LogP contribution in [0.2, 0.25) is 0 Å². The Morgan fingerprint density at radius 2 is 1.84 bits per heavy atom. The number of aryl methyl sites for hydroxylation is 1. The van der Waals surface area contributed by atoms with Gasteiger partial charge in [-0.15, -0.1) is 0 Å². The van der Waals surface area contributed by atoms with Crippen molar-refractivity contribution < 1.29 is 14.3 Å². The molecule has 0 spiro atoms. The van der Waals surface area contributed by atoms with Gasteiger partial charge >= 0.3 is 5.97 Å². The number of pyridine rings is 1. The first-order chi connectivity index (χ1) is 18.1. The number of hydrogen-bond acceptors (Lipinski definition) is 5. The quantitative estimate of drug-likeness (QED) is 0.299. The molecule has 0 saturated carbocycles. The second-order valence-electron chi connectivity index (χ2n) is 8.68. The fourth-order valence-corrected chi connectivity index (χ4v) is 4.66. The van der Waals surface area contributed by atoms with Gasteiger partial charge in [-0.2, -0.15) is 0 Å². The van der Waals surface area contributed by atoms with Crippen molar-refractivity contribution in [2.45, 2.75) is 13.5 Å². The maximum Gasteiger partial charge on any atom is 0.338 e. The predicted molar refractivity (Wildman–Crippen MR) is 143 cm³/mol. The first-order valence-electron chi connectivity index (χ1n) is 12.0. The maximum absolute atomic E-state index is 12.6. The van der Waals surface area contributed by atoms with Crippen LogP contribution in [0.4, 0.5) is 5.69 Å². The Bertz CT molecular complexity index is 1790. The Morgan fingerprint density at radius 3 is 2.68 bits per heavy atom. The number of hydrogen-bond donors (Lipinski definition) is 2. The third-order valence-corrected chi connectivity index (χ3v) is 6.36. The second kappa shape index (κ2) is 9.23. The lowest BCUT2D eigenvalue weighted by Gasteiger charge is -2.08. The third-order valence-electron chi connectivity index (χ3n) is 6.36. The Labute approximate surface area is 211 Å². The van der Waals surface area contributed by atoms with Crippen LogP contribution in [0, 0.1) is 0 Å². The molecule has 0 unspecified atom stereocenters. The first-order valence-corrected chi connectivity index (χ1v) is 12.0. The van der Waals surface area contributed by atoms with E-state index in [9.17, 15) is 9.59 Å². The number of aromatic amines is 1. The molecule has 8 heteroatoms. The van der Waals surface area contributed by atoms with Gasteiger partial charge in [0.2, 0.25) is 0 Å². The van der Waals surface area contributed by atoms with Crippen molar-refractivity contribution in [1.29, 1.82) is 0 Å². The van der Waals surface area contributed by atoms with Crippen molar-refractivity contribution in [2.24, 2.45) is 0 Å². The van der Waals surface area contributed by atoms with Gasteiger partial charge in [0, 0.05) is 52.0 Å². The molecule has 3 aromatic carbocycles. The van der Waals surface area contributed by atoms with Crippen LogP contribution in [-0.2, 0) is 16.1 Å². The Balaban J connectivity index is 1.15. The zero-order valence-corrected chi connectivity index (χ0v) is 20.1. The number of rotatable bonds is 6. The summed E-state index contributed by atoms with van der Waals surface area (Å²) in [4.78, 5) is 37.0. The van der Waals surface area contributed by atoms with Crippen LogP contribution in [0.3, 0.4) is 0 Å². The van der Waals surface area contributed by atoms with E-state index in [1.54, 1.807) is 30.6 Å². The summed E-state index contributed by atoms with van der Waals surface area (Å²) in [6.45, 7) is 2.57. The van der Waals surface area contributed by atoms with Gasteiger partial charge in [-0.25, -0.2) is 9.78 Å². The molecule has 37 heavy (non-hydrogen) atoms. The number of amides is 1. The average molecular weight is 490 g/mol. The van der Waals surface area contributed by atoms with Gasteiger partial charge in [0.05, 0.1) is 16.6 Å². The number of carbonyl (C=O) groups is 2. The predicted octanol–water partition coefficient (Wildman–Crippen LogP) is 5.55. The second-order valence-corrected chi connectivity index (χ2v) is 8.68. The highest BCUT2D eigenvalue weighted by molar-refractivity contribution is 6.10. The van der Waals surface area contributed by atoms with Gasteiger partial charge in [0.15, 0.2) is 6.61 Å². The highest BCUT2D eigenvalue weighted by Gasteiger charge is 2.14. The van der Waals surface area contributed by atoms with Gasteiger partial charge in [0.25, 0.3) is 5.91 Å². The fraction of sp³-hybridized carbons (Fsp3) is 0.103. The van der Waals surface area contributed by atoms with Crippen molar-refractivity contribution >= 4 is 50.4 Å². The number of esters is 1. The standard InChI is InChI=1S/C29H23N5O3/c1-2-34-25-8-4-3-7-21(25)22-15-20(10-12-26(22)34)31-27(35)17-37-29(36)18-9-11-23-24(14-18)33-28(32-23)19-6-5-13-30-16-19/h3-16H,2,17H2,1H3,(H,31,35)(H,32,33). The van der Waals surface area contributed by atoms with Crippen molar-refractivity contribution in [3.05, 3.63) is 90.8 Å². The number of nitrogens with one attached hydrogen (secondary N) is 2. The number of imidazole rings is 1. The summed E-state index contributed by atoms with van der Waals surface area (Å²) in [6.07, 6.45) is 3.41. The summed E-state index contributed by atoms with van der Waals surface area (Å²) >= 11 is 0. The van der Waals surface area contributed by atoms with Gasteiger partial charge in [-0.1, -0.05) is 18.2 Å². The van der Waals surface area contributed by atoms with E-state index >= 15 is 0 Å². The van der Waals surface area contributed by atoms with E-state index in [4.69, 9.17) is 4.74 Å². The van der Waals surface area contributed by atoms with Gasteiger partial charge in [-0.05, 0) is 61.5 Å². The van der Waals surface area contributed by atoms with Gasteiger partial charge < -0.3 is 19.6 Å². The zero-order valence-electron chi connectivity index (χ0n) is 20.1. The van der Waals surface area contributed by atoms with Crippen molar-refractivity contribution in [2.75, 3.05) is 11.9 Å². The van der Waals surface area contributed by atoms with Crippen molar-refractivity contribution in [3.8, 4) is 11.4 Å². The largest absolute Gasteiger partial charge is 0.452 e. The number of benzene rings is 3. The van der Waals surface area contributed by atoms with E-state index in [1.165, 1.54) is 0 Å². The van der Waals surface area contributed by atoms with E-state index in [2.05, 4.69) is 43.9 Å². The van der Waals surface area contributed by atoms with Crippen LogP contribution in [0.25, 0.3) is 44.2 Å². The molecular formula is C29H23N5O3. The molecule has 0 radical (unpaired) electrons. The Kier molecular flexibility index (Phi) is 5.61. The molecule has 0 saturated heterocycles. The highest BCUT2D eigenvalue weighted by atomic mass is 16.5. The average Bonchev–Trinajstić information content (AvgIpc) is 3.50. The van der Waals surface area contributed by atoms with Crippen LogP contribution in [0.1, 0.15) is 17.3 Å². The molecule has 2 N–H and O–H groups in total. The van der Waals surface area contributed by atoms with Crippen LogP contribution >= 0.6 is 0 Å². The van der Waals surface area contributed by atoms with E-state index < -0.39 is 18.5 Å². The van der Waals surface area contributed by atoms with Crippen molar-refractivity contribution in [1.82, 2.24) is 19.5 Å². The minimum absolute atomic E-state index is 0.329. The summed E-state index contributed by atoms with van der Waals surface area (Å²) < 4.78 is 7.53. The number of carbonyl (C=O) groups excluding carboxylic acids is 2. The summed E-state index contributed by atoms with van der Waals surface area (Å²) in [6, 6.07) is 22.8. The van der Waals surface area contributed by atoms with E-state index in [-0.39, 0.29) is 0 Å². The number of aromatic nitrogens is 4. The molecule has 3 aromatic heterocycles. The number of fused-ring (bicyclic) bond motifs is 4. The SMILES string of the molecule is CCn1c2ccccc2c2cc(NC(=O)COC(=O)c3ccc4nc(-c5cccnc5)[nH]c4c3)ccc21. The third kappa shape index (κ3) is 4.18. The number of para-hydroxylation sites is 1. The molecule has 0 fully saturated rings. The lowest BCUT2D eigenvalue weighted by molar-refractivity contribution is -0.119. The van der Waals surface area contributed by atoms with Crippen molar-refractivity contribution in [3.63, 3.8) is 0 Å². The maximum atomic E-state index is 12.6. The molecule has 182 valence electrons. The van der Waals surface area contributed by atoms with Crippen LogP contribution in [0.15, 0.2) is 85.2 Å². The molecule has 0 aliphatic rings. The lowest BCUT2D eigenvalue weighted by atomic mass is 10.1.